The van der Waals surface area contributed by atoms with Crippen molar-refractivity contribution in [1.29, 1.82) is 0 Å². The first-order chi connectivity index (χ1) is 15.0. The predicted molar refractivity (Wildman–Crippen MR) is 112 cm³/mol. The van der Waals surface area contributed by atoms with E-state index in [0.717, 1.165) is 19.4 Å². The van der Waals surface area contributed by atoms with Gasteiger partial charge in [0.2, 0.25) is 10.0 Å². The summed E-state index contributed by atoms with van der Waals surface area (Å²) in [7, 11) is -3.46. The molecule has 3 aliphatic heterocycles. The summed E-state index contributed by atoms with van der Waals surface area (Å²) in [6, 6.07) is 6.86. The molecule has 10 heteroatoms. The molecule has 3 aliphatic rings. The number of hydrogen-bond donors (Lipinski definition) is 1. The van der Waals surface area contributed by atoms with Gasteiger partial charge in [0.15, 0.2) is 5.79 Å². The second-order valence-corrected chi connectivity index (χ2v) is 10.1. The number of nitrogens with one attached hydrogen (secondary N) is 1. The molecule has 1 N–H and O–H groups in total. The van der Waals surface area contributed by atoms with Crippen molar-refractivity contribution in [1.82, 2.24) is 9.62 Å². The third-order valence-electron chi connectivity index (χ3n) is 5.89. The summed E-state index contributed by atoms with van der Waals surface area (Å²) in [5.74, 6) is -0.502. The molecule has 0 unspecified atom stereocenters. The standard InChI is InChI=1S/C21H30N2O7S/c24-20(17-3-1-4-18(15-17)28-16-19-5-2-11-27-19)22-8-14-31(25,26)23-9-6-21(7-10-23)29-12-13-30-21/h1,3-4,15,19H,2,5-14,16H2,(H,22,24)/t19-/m0/s1. The maximum absolute atomic E-state index is 12.6. The number of rotatable bonds is 8. The van der Waals surface area contributed by atoms with E-state index in [1.165, 1.54) is 4.31 Å². The van der Waals surface area contributed by atoms with Crippen LogP contribution in [0.5, 0.6) is 5.75 Å². The summed E-state index contributed by atoms with van der Waals surface area (Å²) in [6.45, 7) is 3.09. The van der Waals surface area contributed by atoms with E-state index < -0.39 is 15.8 Å². The number of hydrogen-bond acceptors (Lipinski definition) is 7. The predicted octanol–water partition coefficient (Wildman–Crippen LogP) is 1.14. The Morgan fingerprint density at radius 1 is 1.19 bits per heavy atom. The highest BCUT2D eigenvalue weighted by Gasteiger charge is 2.42. The largest absolute Gasteiger partial charge is 0.491 e. The summed E-state index contributed by atoms with van der Waals surface area (Å²) >= 11 is 0. The van der Waals surface area contributed by atoms with Crippen LogP contribution in [0.1, 0.15) is 36.0 Å². The van der Waals surface area contributed by atoms with Gasteiger partial charge < -0.3 is 24.3 Å². The van der Waals surface area contributed by atoms with E-state index >= 15 is 0 Å². The van der Waals surface area contributed by atoms with Crippen LogP contribution in [0.25, 0.3) is 0 Å². The van der Waals surface area contributed by atoms with Crippen LogP contribution >= 0.6 is 0 Å². The molecule has 1 atom stereocenters. The molecule has 0 radical (unpaired) electrons. The Morgan fingerprint density at radius 2 is 1.97 bits per heavy atom. The summed E-state index contributed by atoms with van der Waals surface area (Å²) in [5.41, 5.74) is 0.428. The van der Waals surface area contributed by atoms with E-state index in [4.69, 9.17) is 18.9 Å². The molecular formula is C21H30N2O7S. The van der Waals surface area contributed by atoms with Crippen LogP contribution in [0, 0.1) is 0 Å². The van der Waals surface area contributed by atoms with Crippen LogP contribution in [-0.2, 0) is 24.2 Å². The van der Waals surface area contributed by atoms with Gasteiger partial charge in [0.05, 0.1) is 25.1 Å². The Kier molecular flexibility index (Phi) is 7.12. The molecule has 0 bridgehead atoms. The molecule has 3 saturated heterocycles. The molecular weight excluding hydrogens is 424 g/mol. The molecule has 0 aromatic heterocycles. The van der Waals surface area contributed by atoms with Crippen LogP contribution in [-0.4, -0.2) is 82.3 Å². The highest BCUT2D eigenvalue weighted by Crippen LogP contribution is 2.32. The van der Waals surface area contributed by atoms with Crippen LogP contribution < -0.4 is 10.1 Å². The number of nitrogens with zero attached hydrogens (tertiary/aromatic N) is 1. The first-order valence-electron chi connectivity index (χ1n) is 10.8. The third-order valence-corrected chi connectivity index (χ3v) is 7.76. The number of carbonyl (C=O) groups excluding carboxylic acids is 1. The minimum atomic E-state index is -3.46. The van der Waals surface area contributed by atoms with Crippen molar-refractivity contribution >= 4 is 15.9 Å². The lowest BCUT2D eigenvalue weighted by Crippen LogP contribution is -2.48. The Labute approximate surface area is 183 Å². The van der Waals surface area contributed by atoms with E-state index in [9.17, 15) is 13.2 Å². The fourth-order valence-corrected chi connectivity index (χ4v) is 5.46. The van der Waals surface area contributed by atoms with Gasteiger partial charge in [-0.1, -0.05) is 6.07 Å². The molecule has 9 nitrogen and oxygen atoms in total. The van der Waals surface area contributed by atoms with Gasteiger partial charge in [-0.2, -0.15) is 0 Å². The molecule has 1 spiro atoms. The zero-order chi connectivity index (χ0) is 21.7. The summed E-state index contributed by atoms with van der Waals surface area (Å²) < 4.78 is 49.3. The maximum atomic E-state index is 12.6. The topological polar surface area (TPSA) is 103 Å². The zero-order valence-electron chi connectivity index (χ0n) is 17.6. The lowest BCUT2D eigenvalue weighted by Gasteiger charge is -2.36. The van der Waals surface area contributed by atoms with Crippen molar-refractivity contribution in [2.45, 2.75) is 37.6 Å². The number of piperidine rings is 1. The van der Waals surface area contributed by atoms with E-state index in [1.807, 2.05) is 0 Å². The lowest BCUT2D eigenvalue weighted by molar-refractivity contribution is -0.179. The zero-order valence-corrected chi connectivity index (χ0v) is 18.4. The molecule has 3 heterocycles. The Hall–Kier alpha value is -1.72. The first-order valence-corrected chi connectivity index (χ1v) is 12.5. The highest BCUT2D eigenvalue weighted by atomic mass is 32.2. The van der Waals surface area contributed by atoms with E-state index in [2.05, 4.69) is 5.32 Å². The lowest BCUT2D eigenvalue weighted by atomic mass is 10.1. The van der Waals surface area contributed by atoms with Crippen molar-refractivity contribution in [3.63, 3.8) is 0 Å². The number of amides is 1. The molecule has 1 aromatic carbocycles. The average Bonchev–Trinajstić information content (AvgIpc) is 3.45. The van der Waals surface area contributed by atoms with Gasteiger partial charge in [0, 0.05) is 44.6 Å². The summed E-state index contributed by atoms with van der Waals surface area (Å²) in [5, 5.41) is 2.69. The van der Waals surface area contributed by atoms with Crippen molar-refractivity contribution in [3.8, 4) is 5.75 Å². The van der Waals surface area contributed by atoms with Gasteiger partial charge in [-0.3, -0.25) is 4.79 Å². The quantitative estimate of drug-likeness (QED) is 0.628. The molecule has 172 valence electrons. The summed E-state index contributed by atoms with van der Waals surface area (Å²) in [6.07, 6.45) is 3.17. The second-order valence-electron chi connectivity index (χ2n) is 8.05. The van der Waals surface area contributed by atoms with E-state index in [0.29, 0.717) is 57.1 Å². The van der Waals surface area contributed by atoms with Gasteiger partial charge in [-0.15, -0.1) is 0 Å². The smallest absolute Gasteiger partial charge is 0.251 e. The number of carbonyl (C=O) groups is 1. The van der Waals surface area contributed by atoms with Crippen molar-refractivity contribution in [2.24, 2.45) is 0 Å². The minimum absolute atomic E-state index is 0.0385. The maximum Gasteiger partial charge on any atom is 0.251 e. The van der Waals surface area contributed by atoms with Crippen molar-refractivity contribution < 1.29 is 32.2 Å². The first kappa shape index (κ1) is 22.5. The normalized spacial score (nSPS) is 23.8. The van der Waals surface area contributed by atoms with Gasteiger partial charge in [0.1, 0.15) is 12.4 Å². The van der Waals surface area contributed by atoms with Gasteiger partial charge in [0.25, 0.3) is 5.91 Å². The van der Waals surface area contributed by atoms with Crippen molar-refractivity contribution in [3.05, 3.63) is 29.8 Å². The van der Waals surface area contributed by atoms with Gasteiger partial charge in [-0.25, -0.2) is 12.7 Å². The Morgan fingerprint density at radius 3 is 2.68 bits per heavy atom. The van der Waals surface area contributed by atoms with Gasteiger partial charge >= 0.3 is 0 Å². The van der Waals surface area contributed by atoms with Crippen molar-refractivity contribution in [2.75, 3.05) is 51.8 Å². The molecule has 3 fully saturated rings. The van der Waals surface area contributed by atoms with E-state index in [-0.39, 0.29) is 24.3 Å². The molecule has 0 aliphatic carbocycles. The van der Waals surface area contributed by atoms with E-state index in [1.54, 1.807) is 24.3 Å². The SMILES string of the molecule is O=C(NCCS(=O)(=O)N1CCC2(CC1)OCCO2)c1cccc(OC[C@@H]2CCCO2)c1. The summed E-state index contributed by atoms with van der Waals surface area (Å²) in [4.78, 5) is 12.5. The Balaban J connectivity index is 1.22. The fourth-order valence-electron chi connectivity index (χ4n) is 4.11. The van der Waals surface area contributed by atoms with Crippen LogP contribution in [0.2, 0.25) is 0 Å². The second kappa shape index (κ2) is 9.83. The van der Waals surface area contributed by atoms with Crippen LogP contribution in [0.3, 0.4) is 0 Å². The van der Waals surface area contributed by atoms with Crippen LogP contribution in [0.4, 0.5) is 0 Å². The molecule has 1 aromatic rings. The fraction of sp³-hybridized carbons (Fsp3) is 0.667. The Bertz CT molecular complexity index is 854. The average molecular weight is 455 g/mol. The minimum Gasteiger partial charge on any atom is -0.491 e. The third kappa shape index (κ3) is 5.75. The molecule has 31 heavy (non-hydrogen) atoms. The number of benzene rings is 1. The number of ether oxygens (including phenoxy) is 4. The molecule has 1 amide bonds. The highest BCUT2D eigenvalue weighted by molar-refractivity contribution is 7.89. The molecule has 0 saturated carbocycles. The van der Waals surface area contributed by atoms with Crippen LogP contribution in [0.15, 0.2) is 24.3 Å². The molecule has 4 rings (SSSR count). The number of sulfonamides is 1. The van der Waals surface area contributed by atoms with Gasteiger partial charge in [-0.05, 0) is 31.0 Å². The monoisotopic (exact) mass is 454 g/mol.